The van der Waals surface area contributed by atoms with Crippen molar-refractivity contribution in [1.82, 2.24) is 9.80 Å². The quantitative estimate of drug-likeness (QED) is 0.705. The van der Waals surface area contributed by atoms with Crippen LogP contribution in [-0.2, 0) is 9.53 Å². The topological polar surface area (TPSA) is 58.8 Å². The van der Waals surface area contributed by atoms with Gasteiger partial charge in [0.15, 0.2) is 0 Å². The van der Waals surface area contributed by atoms with Gasteiger partial charge in [-0.1, -0.05) is 0 Å². The third kappa shape index (κ3) is 5.77. The normalized spacial score (nSPS) is 20.9. The third-order valence-electron chi connectivity index (χ3n) is 4.15. The first-order valence-electron chi connectivity index (χ1n) is 7.59. The molecule has 20 heavy (non-hydrogen) atoms. The number of carbonyl (C=O) groups is 1. The Hall–Kier alpha value is -0.650. The minimum absolute atomic E-state index is 0.317. The lowest BCUT2D eigenvalue weighted by Crippen LogP contribution is -2.46. The molecule has 0 bridgehead atoms. The second-order valence-electron chi connectivity index (χ2n) is 6.56. The minimum atomic E-state index is -0.849. The van der Waals surface area contributed by atoms with Gasteiger partial charge in [0.1, 0.15) is 5.54 Å². The van der Waals surface area contributed by atoms with E-state index in [1.54, 1.807) is 6.92 Å². The SMILES string of the molecule is COC(=O)C(C)(N)CCCN1CCC(CN(C)C)CC1. The zero-order valence-corrected chi connectivity index (χ0v) is 13.5. The summed E-state index contributed by atoms with van der Waals surface area (Å²) >= 11 is 0. The van der Waals surface area contributed by atoms with Crippen LogP contribution in [0.4, 0.5) is 0 Å². The molecule has 1 aliphatic heterocycles. The number of likely N-dealkylation sites (tertiary alicyclic amines) is 1. The van der Waals surface area contributed by atoms with E-state index in [9.17, 15) is 4.79 Å². The summed E-state index contributed by atoms with van der Waals surface area (Å²) in [7, 11) is 5.67. The molecular formula is C15H31N3O2. The Balaban J connectivity index is 2.20. The second kappa shape index (κ2) is 7.96. The van der Waals surface area contributed by atoms with E-state index < -0.39 is 5.54 Å². The number of methoxy groups -OCH3 is 1. The van der Waals surface area contributed by atoms with Crippen molar-refractivity contribution in [3.05, 3.63) is 0 Å². The Labute approximate surface area is 123 Å². The molecule has 0 radical (unpaired) electrons. The maximum Gasteiger partial charge on any atom is 0.325 e. The molecule has 0 amide bonds. The zero-order valence-electron chi connectivity index (χ0n) is 13.5. The maximum atomic E-state index is 11.5. The number of carbonyl (C=O) groups excluding carboxylic acids is 1. The fraction of sp³-hybridized carbons (Fsp3) is 0.933. The van der Waals surface area contributed by atoms with E-state index in [0.29, 0.717) is 6.42 Å². The van der Waals surface area contributed by atoms with Gasteiger partial charge in [-0.2, -0.15) is 0 Å². The van der Waals surface area contributed by atoms with E-state index in [0.717, 1.165) is 32.0 Å². The molecule has 0 saturated carbocycles. The maximum absolute atomic E-state index is 11.5. The van der Waals surface area contributed by atoms with Gasteiger partial charge in [-0.05, 0) is 72.3 Å². The summed E-state index contributed by atoms with van der Waals surface area (Å²) in [6.07, 6.45) is 4.17. The van der Waals surface area contributed by atoms with Gasteiger partial charge in [-0.3, -0.25) is 4.79 Å². The van der Waals surface area contributed by atoms with Crippen molar-refractivity contribution in [1.29, 1.82) is 0 Å². The minimum Gasteiger partial charge on any atom is -0.468 e. The molecule has 1 atom stereocenters. The van der Waals surface area contributed by atoms with Crippen molar-refractivity contribution in [2.24, 2.45) is 11.7 Å². The molecule has 1 saturated heterocycles. The highest BCUT2D eigenvalue weighted by atomic mass is 16.5. The van der Waals surface area contributed by atoms with Crippen LogP contribution in [0, 0.1) is 5.92 Å². The summed E-state index contributed by atoms with van der Waals surface area (Å²) < 4.78 is 4.73. The van der Waals surface area contributed by atoms with Crippen molar-refractivity contribution in [2.75, 3.05) is 47.4 Å². The van der Waals surface area contributed by atoms with Gasteiger partial charge in [0.25, 0.3) is 0 Å². The first kappa shape index (κ1) is 17.4. The van der Waals surface area contributed by atoms with Crippen LogP contribution in [0.25, 0.3) is 0 Å². The standard InChI is InChI=1S/C15H31N3O2/c1-15(16,14(19)20-4)8-5-9-18-10-6-13(7-11-18)12-17(2)3/h13H,5-12,16H2,1-4H3. The lowest BCUT2D eigenvalue weighted by Gasteiger charge is -2.33. The summed E-state index contributed by atoms with van der Waals surface area (Å²) in [4.78, 5) is 16.3. The van der Waals surface area contributed by atoms with Crippen molar-refractivity contribution < 1.29 is 9.53 Å². The van der Waals surface area contributed by atoms with E-state index in [2.05, 4.69) is 23.9 Å². The first-order valence-corrected chi connectivity index (χ1v) is 7.59. The molecule has 1 rings (SSSR count). The number of piperidine rings is 1. The van der Waals surface area contributed by atoms with Crippen LogP contribution in [0.2, 0.25) is 0 Å². The van der Waals surface area contributed by atoms with Gasteiger partial charge in [0.05, 0.1) is 7.11 Å². The molecule has 5 nitrogen and oxygen atoms in total. The number of rotatable bonds is 7. The highest BCUT2D eigenvalue weighted by molar-refractivity contribution is 5.79. The molecule has 0 aromatic carbocycles. The van der Waals surface area contributed by atoms with Gasteiger partial charge in [-0.25, -0.2) is 0 Å². The van der Waals surface area contributed by atoms with Gasteiger partial charge >= 0.3 is 5.97 Å². The largest absolute Gasteiger partial charge is 0.468 e. The zero-order chi connectivity index (χ0) is 15.2. The monoisotopic (exact) mass is 285 g/mol. The van der Waals surface area contributed by atoms with Gasteiger partial charge in [0.2, 0.25) is 0 Å². The van der Waals surface area contributed by atoms with Gasteiger partial charge in [-0.15, -0.1) is 0 Å². The van der Waals surface area contributed by atoms with Crippen molar-refractivity contribution in [2.45, 2.75) is 38.1 Å². The molecule has 0 spiro atoms. The second-order valence-corrected chi connectivity index (χ2v) is 6.56. The van der Waals surface area contributed by atoms with Crippen LogP contribution >= 0.6 is 0 Å². The van der Waals surface area contributed by atoms with E-state index >= 15 is 0 Å². The van der Waals surface area contributed by atoms with Crippen LogP contribution < -0.4 is 5.73 Å². The smallest absolute Gasteiger partial charge is 0.325 e. The Morgan fingerprint density at radius 1 is 1.40 bits per heavy atom. The molecule has 1 unspecified atom stereocenters. The van der Waals surface area contributed by atoms with Crippen LogP contribution in [0.15, 0.2) is 0 Å². The molecule has 118 valence electrons. The number of hydrogen-bond acceptors (Lipinski definition) is 5. The Morgan fingerprint density at radius 2 is 2.00 bits per heavy atom. The summed E-state index contributed by atoms with van der Waals surface area (Å²) in [6, 6.07) is 0. The highest BCUT2D eigenvalue weighted by Gasteiger charge is 2.29. The summed E-state index contributed by atoms with van der Waals surface area (Å²) in [5, 5.41) is 0. The fourth-order valence-corrected chi connectivity index (χ4v) is 2.91. The predicted molar refractivity (Wildman–Crippen MR) is 81.6 cm³/mol. The predicted octanol–water partition coefficient (Wildman–Crippen LogP) is 0.931. The number of nitrogens with two attached hydrogens (primary N) is 1. The molecular weight excluding hydrogens is 254 g/mol. The molecule has 5 heteroatoms. The molecule has 1 fully saturated rings. The Bertz CT molecular complexity index is 297. The van der Waals surface area contributed by atoms with E-state index in [-0.39, 0.29) is 5.97 Å². The number of esters is 1. The molecule has 2 N–H and O–H groups in total. The van der Waals surface area contributed by atoms with Gasteiger partial charge < -0.3 is 20.3 Å². The van der Waals surface area contributed by atoms with Crippen LogP contribution in [0.3, 0.4) is 0 Å². The third-order valence-corrected chi connectivity index (χ3v) is 4.15. The number of ether oxygens (including phenoxy) is 1. The number of hydrogen-bond donors (Lipinski definition) is 1. The average molecular weight is 285 g/mol. The Kier molecular flexibility index (Phi) is 6.92. The van der Waals surface area contributed by atoms with Crippen LogP contribution in [0.5, 0.6) is 0 Å². The average Bonchev–Trinajstić information content (AvgIpc) is 2.39. The summed E-state index contributed by atoms with van der Waals surface area (Å²) in [5.74, 6) is 0.512. The summed E-state index contributed by atoms with van der Waals surface area (Å²) in [6.45, 7) is 6.30. The highest BCUT2D eigenvalue weighted by Crippen LogP contribution is 2.19. The Morgan fingerprint density at radius 3 is 2.50 bits per heavy atom. The first-order chi connectivity index (χ1) is 9.35. The molecule has 1 heterocycles. The molecule has 1 aliphatic rings. The molecule has 0 aromatic rings. The van der Waals surface area contributed by atoms with Crippen LogP contribution in [-0.4, -0.2) is 68.7 Å². The van der Waals surface area contributed by atoms with E-state index in [4.69, 9.17) is 10.5 Å². The van der Waals surface area contributed by atoms with E-state index in [1.165, 1.54) is 26.5 Å². The van der Waals surface area contributed by atoms with Crippen molar-refractivity contribution in [3.63, 3.8) is 0 Å². The van der Waals surface area contributed by atoms with Crippen LogP contribution in [0.1, 0.15) is 32.6 Å². The van der Waals surface area contributed by atoms with Gasteiger partial charge in [0, 0.05) is 6.54 Å². The lowest BCUT2D eigenvalue weighted by atomic mass is 9.94. The molecule has 0 aliphatic carbocycles. The number of nitrogens with zero attached hydrogens (tertiary/aromatic N) is 2. The van der Waals surface area contributed by atoms with Crippen molar-refractivity contribution in [3.8, 4) is 0 Å². The molecule has 0 aromatic heterocycles. The van der Waals surface area contributed by atoms with Crippen molar-refractivity contribution >= 4 is 5.97 Å². The lowest BCUT2D eigenvalue weighted by molar-refractivity contribution is -0.146. The van der Waals surface area contributed by atoms with E-state index in [1.807, 2.05) is 0 Å². The summed E-state index contributed by atoms with van der Waals surface area (Å²) in [5.41, 5.74) is 5.12. The fourth-order valence-electron chi connectivity index (χ4n) is 2.91.